The van der Waals surface area contributed by atoms with Gasteiger partial charge >= 0.3 is 5.97 Å². The van der Waals surface area contributed by atoms with E-state index in [0.717, 1.165) is 87.9 Å². The van der Waals surface area contributed by atoms with Crippen LogP contribution in [0.15, 0.2) is 66.7 Å². The van der Waals surface area contributed by atoms with Crippen LogP contribution in [0, 0.1) is 12.8 Å². The molecule has 0 atom stereocenters. The van der Waals surface area contributed by atoms with E-state index in [2.05, 4.69) is 52.3 Å². The lowest BCUT2D eigenvalue weighted by Gasteiger charge is -2.32. The third kappa shape index (κ3) is 8.90. The Labute approximate surface area is 263 Å². The molecule has 0 aromatic heterocycles. The summed E-state index contributed by atoms with van der Waals surface area (Å²) in [6, 6.07) is 22.6. The summed E-state index contributed by atoms with van der Waals surface area (Å²) >= 11 is 0. The molecule has 3 aromatic rings. The normalized spacial score (nSPS) is 16.0. The molecule has 2 heterocycles. The van der Waals surface area contributed by atoms with E-state index < -0.39 is 5.97 Å². The monoisotopic (exact) mass is 610 g/mol. The summed E-state index contributed by atoms with van der Waals surface area (Å²) in [5.74, 6) is 0.0617. The highest BCUT2D eigenvalue weighted by Gasteiger charge is 2.22. The Kier molecular flexibility index (Phi) is 13.1. The molecule has 2 aliphatic heterocycles. The number of nitrogens with zero attached hydrogens (tertiary/aromatic N) is 2. The summed E-state index contributed by atoms with van der Waals surface area (Å²) in [5.41, 5.74) is 7.36. The van der Waals surface area contributed by atoms with Gasteiger partial charge in [-0.1, -0.05) is 54.6 Å². The predicted molar refractivity (Wildman–Crippen MR) is 174 cm³/mol. The third-order valence-corrected chi connectivity index (χ3v) is 8.92. The highest BCUT2D eigenvalue weighted by Crippen LogP contribution is 2.26. The first-order valence-corrected chi connectivity index (χ1v) is 14.9. The summed E-state index contributed by atoms with van der Waals surface area (Å²) in [6.45, 7) is 7.72. The van der Waals surface area contributed by atoms with Crippen molar-refractivity contribution >= 4 is 36.6 Å². The second kappa shape index (κ2) is 16.2. The maximum Gasteiger partial charge on any atom is 0.336 e. The van der Waals surface area contributed by atoms with Crippen LogP contribution >= 0.6 is 24.8 Å². The molecule has 0 saturated carbocycles. The number of hydrogen-bond donors (Lipinski definition) is 1. The minimum Gasteiger partial charge on any atom is -0.478 e. The van der Waals surface area contributed by atoms with Gasteiger partial charge in [0.15, 0.2) is 5.78 Å². The van der Waals surface area contributed by atoms with Crippen LogP contribution in [0.5, 0.6) is 0 Å². The molecule has 0 spiro atoms. The van der Waals surface area contributed by atoms with E-state index in [-0.39, 0.29) is 30.6 Å². The minimum atomic E-state index is -0.849. The van der Waals surface area contributed by atoms with E-state index in [9.17, 15) is 14.7 Å². The van der Waals surface area contributed by atoms with Crippen molar-refractivity contribution in [2.75, 3.05) is 26.2 Å². The molecule has 42 heavy (non-hydrogen) atoms. The molecule has 1 fully saturated rings. The zero-order chi connectivity index (χ0) is 27.9. The number of benzene rings is 3. The number of hydrogen-bond acceptors (Lipinski definition) is 4. The van der Waals surface area contributed by atoms with Crippen LogP contribution < -0.4 is 0 Å². The molecule has 2 aliphatic rings. The van der Waals surface area contributed by atoms with Crippen LogP contribution in [0.1, 0.15) is 80.6 Å². The molecule has 226 valence electrons. The SMILES string of the molecule is Cc1cccc(C(=O)O)c1CN1CCC(CCCC(=O)c2ccc3c(c2)CCN(Cc2ccccc2)CC3)CC1.Cl.Cl. The number of piperidine rings is 1. The quantitative estimate of drug-likeness (QED) is 0.242. The van der Waals surface area contributed by atoms with E-state index in [1.807, 2.05) is 25.1 Å². The number of fused-ring (bicyclic) bond motifs is 1. The molecule has 1 saturated heterocycles. The van der Waals surface area contributed by atoms with Gasteiger partial charge in [0.2, 0.25) is 0 Å². The van der Waals surface area contributed by atoms with Gasteiger partial charge in [-0.05, 0) is 104 Å². The fourth-order valence-electron chi connectivity index (χ4n) is 6.41. The Hall–Kier alpha value is -2.70. The molecule has 3 aromatic carbocycles. The lowest BCUT2D eigenvalue weighted by atomic mass is 9.89. The summed E-state index contributed by atoms with van der Waals surface area (Å²) in [6.07, 6.45) is 6.90. The van der Waals surface area contributed by atoms with Gasteiger partial charge < -0.3 is 5.11 Å². The molecule has 0 radical (unpaired) electrons. The smallest absolute Gasteiger partial charge is 0.336 e. The highest BCUT2D eigenvalue weighted by molar-refractivity contribution is 5.96. The first kappa shape index (κ1) is 33.8. The number of ketones is 1. The number of halogens is 2. The lowest BCUT2D eigenvalue weighted by Crippen LogP contribution is -2.34. The number of aromatic carboxylic acids is 1. The standard InChI is InChI=1S/C35H42N2O3.2ClH/c1-26-7-5-11-32(35(39)40)33(26)25-37-19-15-27(16-20-37)10-6-12-34(38)31-14-13-29-17-21-36(22-18-30(29)23-31)24-28-8-3-2-4-9-28;;/h2-5,7-9,11,13-14,23,27H,6,10,12,15-22,24-25H2,1H3,(H,39,40);2*1H. The first-order valence-electron chi connectivity index (χ1n) is 14.9. The second-order valence-electron chi connectivity index (χ2n) is 11.7. The lowest BCUT2D eigenvalue weighted by molar-refractivity contribution is 0.0693. The first-order chi connectivity index (χ1) is 19.5. The van der Waals surface area contributed by atoms with E-state index in [4.69, 9.17) is 0 Å². The minimum absolute atomic E-state index is 0. The van der Waals surface area contributed by atoms with E-state index in [1.54, 1.807) is 6.07 Å². The van der Waals surface area contributed by atoms with Crippen molar-refractivity contribution in [1.29, 1.82) is 0 Å². The number of Topliss-reactive ketones (excluding diaryl/α,β-unsaturated/α-hetero) is 1. The summed E-state index contributed by atoms with van der Waals surface area (Å²) in [7, 11) is 0. The number of aryl methyl sites for hydroxylation is 1. The van der Waals surface area contributed by atoms with E-state index in [0.29, 0.717) is 24.4 Å². The van der Waals surface area contributed by atoms with Crippen LogP contribution in [-0.4, -0.2) is 52.8 Å². The van der Waals surface area contributed by atoms with Crippen LogP contribution in [-0.2, 0) is 25.9 Å². The average molecular weight is 612 g/mol. The highest BCUT2D eigenvalue weighted by atomic mass is 35.5. The maximum atomic E-state index is 13.1. The molecule has 5 rings (SSSR count). The van der Waals surface area contributed by atoms with Gasteiger partial charge in [0.1, 0.15) is 0 Å². The number of carboxylic acid groups (broad SMARTS) is 1. The molecule has 0 bridgehead atoms. The molecule has 0 amide bonds. The van der Waals surface area contributed by atoms with Crippen molar-refractivity contribution in [3.63, 3.8) is 0 Å². The largest absolute Gasteiger partial charge is 0.478 e. The molecular formula is C35H44Cl2N2O3. The third-order valence-electron chi connectivity index (χ3n) is 8.92. The predicted octanol–water partition coefficient (Wildman–Crippen LogP) is 7.40. The van der Waals surface area contributed by atoms with Crippen molar-refractivity contribution in [1.82, 2.24) is 9.80 Å². The van der Waals surface area contributed by atoms with Gasteiger partial charge in [0.25, 0.3) is 0 Å². The van der Waals surface area contributed by atoms with Crippen LogP contribution in [0.3, 0.4) is 0 Å². The van der Waals surface area contributed by atoms with Crippen molar-refractivity contribution in [3.8, 4) is 0 Å². The molecule has 7 heteroatoms. The van der Waals surface area contributed by atoms with Gasteiger partial charge in [-0.3, -0.25) is 14.6 Å². The van der Waals surface area contributed by atoms with Crippen molar-refractivity contribution in [2.45, 2.75) is 65.0 Å². The fourth-order valence-corrected chi connectivity index (χ4v) is 6.41. The molecule has 1 N–H and O–H groups in total. The molecule has 0 unspecified atom stereocenters. The van der Waals surface area contributed by atoms with E-state index in [1.165, 1.54) is 16.7 Å². The van der Waals surface area contributed by atoms with Crippen LogP contribution in [0.4, 0.5) is 0 Å². The average Bonchev–Trinajstić information content (AvgIpc) is 3.17. The summed E-state index contributed by atoms with van der Waals surface area (Å²) in [5, 5.41) is 9.57. The maximum absolute atomic E-state index is 13.1. The molecule has 0 aliphatic carbocycles. The number of rotatable bonds is 10. The van der Waals surface area contributed by atoms with E-state index >= 15 is 0 Å². The van der Waals surface area contributed by atoms with Crippen molar-refractivity contribution in [3.05, 3.63) is 106 Å². The Morgan fingerprint density at radius 3 is 2.21 bits per heavy atom. The van der Waals surface area contributed by atoms with Gasteiger partial charge in [0.05, 0.1) is 5.56 Å². The van der Waals surface area contributed by atoms with Crippen LogP contribution in [0.25, 0.3) is 0 Å². The van der Waals surface area contributed by atoms with Crippen molar-refractivity contribution in [2.24, 2.45) is 5.92 Å². The zero-order valence-electron chi connectivity index (χ0n) is 24.6. The topological polar surface area (TPSA) is 60.9 Å². The summed E-state index contributed by atoms with van der Waals surface area (Å²) in [4.78, 5) is 29.6. The zero-order valence-corrected chi connectivity index (χ0v) is 26.2. The molecular weight excluding hydrogens is 567 g/mol. The second-order valence-corrected chi connectivity index (χ2v) is 11.7. The van der Waals surface area contributed by atoms with Gasteiger partial charge in [-0.2, -0.15) is 0 Å². The Balaban J connectivity index is 0.00000242. The number of carboxylic acids is 1. The fraction of sp³-hybridized carbons (Fsp3) is 0.429. The Morgan fingerprint density at radius 1 is 0.810 bits per heavy atom. The molecule has 5 nitrogen and oxygen atoms in total. The Morgan fingerprint density at radius 2 is 1.50 bits per heavy atom. The van der Waals surface area contributed by atoms with Gasteiger partial charge in [-0.15, -0.1) is 24.8 Å². The summed E-state index contributed by atoms with van der Waals surface area (Å²) < 4.78 is 0. The van der Waals surface area contributed by atoms with Gasteiger partial charge in [-0.25, -0.2) is 4.79 Å². The number of carbonyl (C=O) groups is 2. The van der Waals surface area contributed by atoms with Gasteiger partial charge in [0, 0.05) is 38.2 Å². The van der Waals surface area contributed by atoms with Crippen LogP contribution in [0.2, 0.25) is 0 Å². The number of likely N-dealkylation sites (tertiary alicyclic amines) is 1. The van der Waals surface area contributed by atoms with Crippen molar-refractivity contribution < 1.29 is 14.7 Å². The number of carbonyl (C=O) groups excluding carboxylic acids is 1. The Bertz CT molecular complexity index is 1320.